The predicted molar refractivity (Wildman–Crippen MR) is 85.9 cm³/mol. The summed E-state index contributed by atoms with van der Waals surface area (Å²) in [5.41, 5.74) is 5.58. The number of carbonyl (C=O) groups excluding carboxylic acids is 1. The number of rotatable bonds is 3. The first kappa shape index (κ1) is 13.7. The third-order valence-corrected chi connectivity index (χ3v) is 3.97. The molecule has 1 aliphatic heterocycles. The molecule has 0 radical (unpaired) electrons. The Balaban J connectivity index is 1.69. The van der Waals surface area contributed by atoms with E-state index in [2.05, 4.69) is 34.4 Å². The smallest absolute Gasteiger partial charge is 0.228 e. The van der Waals surface area contributed by atoms with Crippen LogP contribution in [0.25, 0.3) is 0 Å². The Kier molecular flexibility index (Phi) is 3.69. The van der Waals surface area contributed by atoms with Crippen LogP contribution in [0, 0.1) is 6.92 Å². The summed E-state index contributed by atoms with van der Waals surface area (Å²) in [5, 5.41) is 2.99. The quantitative estimate of drug-likeness (QED) is 0.910. The van der Waals surface area contributed by atoms with Crippen molar-refractivity contribution in [1.82, 2.24) is 4.98 Å². The number of nitrogens with one attached hydrogen (secondary N) is 2. The molecular formula is C17H21N3O. The van der Waals surface area contributed by atoms with E-state index in [1.54, 1.807) is 0 Å². The minimum Gasteiger partial charge on any atom is -0.374 e. The van der Waals surface area contributed by atoms with E-state index >= 15 is 0 Å². The Morgan fingerprint density at radius 1 is 1.38 bits per heavy atom. The fraction of sp³-hybridized carbons (Fsp3) is 0.353. The molecule has 0 bridgehead atoms. The number of amides is 1. The van der Waals surface area contributed by atoms with Crippen molar-refractivity contribution in [2.24, 2.45) is 0 Å². The van der Waals surface area contributed by atoms with Gasteiger partial charge in [-0.25, -0.2) is 0 Å². The molecule has 2 aromatic rings. The van der Waals surface area contributed by atoms with Gasteiger partial charge in [-0.15, -0.1) is 0 Å². The Morgan fingerprint density at radius 2 is 2.24 bits per heavy atom. The lowest BCUT2D eigenvalue weighted by Crippen LogP contribution is -2.24. The van der Waals surface area contributed by atoms with Crippen LogP contribution in [0.1, 0.15) is 23.2 Å². The minimum absolute atomic E-state index is 0.0260. The van der Waals surface area contributed by atoms with Crippen molar-refractivity contribution in [3.05, 3.63) is 47.3 Å². The van der Waals surface area contributed by atoms with E-state index in [-0.39, 0.29) is 5.91 Å². The van der Waals surface area contributed by atoms with Gasteiger partial charge in [0.2, 0.25) is 5.91 Å². The molecular weight excluding hydrogens is 262 g/mol. The highest BCUT2D eigenvalue weighted by atomic mass is 16.1. The normalized spacial score (nSPS) is 13.9. The number of fused-ring (bicyclic) bond motifs is 1. The number of hydrogen-bond acceptors (Lipinski definition) is 2. The topological polar surface area (TPSA) is 48.1 Å². The lowest BCUT2D eigenvalue weighted by Gasteiger charge is -2.27. The molecule has 0 saturated carbocycles. The van der Waals surface area contributed by atoms with Gasteiger partial charge >= 0.3 is 0 Å². The van der Waals surface area contributed by atoms with Gasteiger partial charge in [-0.05, 0) is 55.2 Å². The summed E-state index contributed by atoms with van der Waals surface area (Å²) in [6.45, 7) is 3.09. The molecule has 0 saturated heterocycles. The molecule has 0 unspecified atom stereocenters. The van der Waals surface area contributed by atoms with E-state index in [0.29, 0.717) is 6.42 Å². The molecule has 110 valence electrons. The van der Waals surface area contributed by atoms with Crippen molar-refractivity contribution in [2.75, 3.05) is 23.8 Å². The van der Waals surface area contributed by atoms with E-state index in [9.17, 15) is 4.79 Å². The van der Waals surface area contributed by atoms with Crippen molar-refractivity contribution >= 4 is 17.3 Å². The highest BCUT2D eigenvalue weighted by Crippen LogP contribution is 2.28. The van der Waals surface area contributed by atoms with Crippen molar-refractivity contribution in [3.63, 3.8) is 0 Å². The highest BCUT2D eigenvalue weighted by Gasteiger charge is 2.14. The largest absolute Gasteiger partial charge is 0.374 e. The summed E-state index contributed by atoms with van der Waals surface area (Å²) in [5.74, 6) is 0.0260. The van der Waals surface area contributed by atoms with Gasteiger partial charge in [0, 0.05) is 36.9 Å². The summed E-state index contributed by atoms with van der Waals surface area (Å²) >= 11 is 0. The summed E-state index contributed by atoms with van der Waals surface area (Å²) in [6, 6.07) is 8.19. The van der Waals surface area contributed by atoms with Crippen LogP contribution in [0.15, 0.2) is 30.5 Å². The maximum atomic E-state index is 12.1. The lowest BCUT2D eigenvalue weighted by atomic mass is 10.0. The Hall–Kier alpha value is -2.23. The van der Waals surface area contributed by atoms with Gasteiger partial charge in [0.05, 0.1) is 6.42 Å². The van der Waals surface area contributed by atoms with Gasteiger partial charge < -0.3 is 15.2 Å². The fourth-order valence-corrected chi connectivity index (χ4v) is 2.92. The summed E-state index contributed by atoms with van der Waals surface area (Å²) in [6.07, 6.45) is 4.54. The molecule has 2 heterocycles. The number of anilines is 2. The van der Waals surface area contributed by atoms with E-state index in [1.165, 1.54) is 17.7 Å². The molecule has 21 heavy (non-hydrogen) atoms. The van der Waals surface area contributed by atoms with Crippen molar-refractivity contribution < 1.29 is 4.79 Å². The van der Waals surface area contributed by atoms with Crippen LogP contribution in [-0.2, 0) is 17.6 Å². The van der Waals surface area contributed by atoms with Crippen LogP contribution >= 0.6 is 0 Å². The second-order valence-electron chi connectivity index (χ2n) is 5.78. The number of H-pyrrole nitrogens is 1. The van der Waals surface area contributed by atoms with Crippen molar-refractivity contribution in [1.29, 1.82) is 0 Å². The van der Waals surface area contributed by atoms with Crippen LogP contribution in [0.3, 0.4) is 0 Å². The number of aromatic amines is 1. The zero-order valence-electron chi connectivity index (χ0n) is 12.6. The Labute approximate surface area is 125 Å². The molecule has 4 heteroatoms. The van der Waals surface area contributed by atoms with Gasteiger partial charge in [0.25, 0.3) is 0 Å². The predicted octanol–water partition coefficient (Wildman–Crippen LogP) is 2.89. The third kappa shape index (κ3) is 3.10. The second kappa shape index (κ2) is 5.64. The van der Waals surface area contributed by atoms with Crippen molar-refractivity contribution in [2.45, 2.75) is 26.2 Å². The maximum absolute atomic E-state index is 12.1. The minimum atomic E-state index is 0.0260. The van der Waals surface area contributed by atoms with Crippen LogP contribution in [0.2, 0.25) is 0 Å². The van der Waals surface area contributed by atoms with Crippen LogP contribution < -0.4 is 10.2 Å². The first-order valence-corrected chi connectivity index (χ1v) is 7.39. The molecule has 1 aromatic carbocycles. The molecule has 1 aromatic heterocycles. The molecule has 0 atom stereocenters. The molecule has 2 N–H and O–H groups in total. The standard InChI is InChI=1S/C17H21N3O/c1-12-8-13(11-18-12)9-17(21)19-15-5-6-16-14(10-15)4-3-7-20(16)2/h5-6,8,10-11,18H,3-4,7,9H2,1-2H3,(H,19,21). The average Bonchev–Trinajstić information content (AvgIpc) is 2.84. The first-order valence-electron chi connectivity index (χ1n) is 7.39. The maximum Gasteiger partial charge on any atom is 0.228 e. The van der Waals surface area contributed by atoms with Gasteiger partial charge in [-0.1, -0.05) is 0 Å². The van der Waals surface area contributed by atoms with Crippen LogP contribution in [-0.4, -0.2) is 24.5 Å². The number of aromatic nitrogens is 1. The Morgan fingerprint density at radius 3 is 3.00 bits per heavy atom. The van der Waals surface area contributed by atoms with Crippen LogP contribution in [0.4, 0.5) is 11.4 Å². The van der Waals surface area contributed by atoms with Crippen molar-refractivity contribution in [3.8, 4) is 0 Å². The summed E-state index contributed by atoms with van der Waals surface area (Å²) in [4.78, 5) is 17.5. The zero-order valence-corrected chi connectivity index (χ0v) is 12.6. The zero-order chi connectivity index (χ0) is 14.8. The molecule has 1 amide bonds. The number of aryl methyl sites for hydroxylation is 2. The first-order chi connectivity index (χ1) is 10.1. The van der Waals surface area contributed by atoms with Gasteiger partial charge in [-0.3, -0.25) is 4.79 Å². The highest BCUT2D eigenvalue weighted by molar-refractivity contribution is 5.92. The number of carbonyl (C=O) groups is 1. The van der Waals surface area contributed by atoms with E-state index in [1.807, 2.05) is 25.3 Å². The SMILES string of the molecule is Cc1cc(CC(=O)Nc2ccc3c(c2)CCCN3C)c[nH]1. The molecule has 0 spiro atoms. The van der Waals surface area contributed by atoms with Gasteiger partial charge in [-0.2, -0.15) is 0 Å². The third-order valence-electron chi connectivity index (χ3n) is 3.97. The second-order valence-corrected chi connectivity index (χ2v) is 5.78. The van der Waals surface area contributed by atoms with E-state index in [0.717, 1.165) is 29.9 Å². The number of hydrogen-bond donors (Lipinski definition) is 2. The molecule has 1 aliphatic rings. The molecule has 3 rings (SSSR count). The molecule has 0 aliphatic carbocycles. The van der Waals surface area contributed by atoms with E-state index < -0.39 is 0 Å². The summed E-state index contributed by atoms with van der Waals surface area (Å²) in [7, 11) is 2.12. The lowest BCUT2D eigenvalue weighted by molar-refractivity contribution is -0.115. The monoisotopic (exact) mass is 283 g/mol. The van der Waals surface area contributed by atoms with Gasteiger partial charge in [0.15, 0.2) is 0 Å². The average molecular weight is 283 g/mol. The molecule has 0 fully saturated rings. The molecule has 4 nitrogen and oxygen atoms in total. The summed E-state index contributed by atoms with van der Waals surface area (Å²) < 4.78 is 0. The number of nitrogens with zero attached hydrogens (tertiary/aromatic N) is 1. The fourth-order valence-electron chi connectivity index (χ4n) is 2.92. The van der Waals surface area contributed by atoms with E-state index in [4.69, 9.17) is 0 Å². The van der Waals surface area contributed by atoms with Crippen LogP contribution in [0.5, 0.6) is 0 Å². The number of benzene rings is 1. The van der Waals surface area contributed by atoms with Gasteiger partial charge in [0.1, 0.15) is 0 Å². The Bertz CT molecular complexity index is 660.